The zero-order valence-corrected chi connectivity index (χ0v) is 11.5. The predicted octanol–water partition coefficient (Wildman–Crippen LogP) is 5.30. The van der Waals surface area contributed by atoms with Gasteiger partial charge in [0.2, 0.25) is 0 Å². The Morgan fingerprint density at radius 1 is 0.857 bits per heavy atom. The fourth-order valence-electron chi connectivity index (χ4n) is 1.61. The molecule has 0 heteroatoms. The second kappa shape index (κ2) is 9.30. The van der Waals surface area contributed by atoms with Gasteiger partial charge in [-0.3, -0.25) is 0 Å². The van der Waals surface area contributed by atoms with Crippen LogP contribution in [0.4, 0.5) is 0 Å². The lowest BCUT2D eigenvalue weighted by Crippen LogP contribution is -1.93. The van der Waals surface area contributed by atoms with E-state index < -0.39 is 0 Å². The van der Waals surface area contributed by atoms with Crippen molar-refractivity contribution in [2.75, 3.05) is 0 Å². The van der Waals surface area contributed by atoms with Crippen molar-refractivity contribution in [3.63, 3.8) is 0 Å². The van der Waals surface area contributed by atoms with E-state index in [1.165, 1.54) is 12.0 Å². The predicted molar refractivity (Wildman–Crippen MR) is 68.6 cm³/mol. The lowest BCUT2D eigenvalue weighted by molar-refractivity contribution is 0.469. The molecule has 0 amide bonds. The molecule has 0 radical (unpaired) electrons. The third-order valence-corrected chi connectivity index (χ3v) is 1.61. The highest BCUT2D eigenvalue weighted by Gasteiger charge is 1.95. The number of rotatable bonds is 3. The molecular formula is C14H30. The van der Waals surface area contributed by atoms with Crippen LogP contribution in [0.5, 0.6) is 0 Å². The van der Waals surface area contributed by atoms with Gasteiger partial charge in [0.1, 0.15) is 0 Å². The van der Waals surface area contributed by atoms with Gasteiger partial charge in [0, 0.05) is 0 Å². The van der Waals surface area contributed by atoms with E-state index in [0.717, 1.165) is 11.8 Å². The Kier molecular flexibility index (Phi) is 10.7. The van der Waals surface area contributed by atoms with Crippen LogP contribution in [-0.4, -0.2) is 0 Å². The molecule has 0 heterocycles. The molecule has 14 heavy (non-hydrogen) atoms. The summed E-state index contributed by atoms with van der Waals surface area (Å²) >= 11 is 0. The zero-order valence-electron chi connectivity index (χ0n) is 11.5. The minimum atomic E-state index is 0.713. The molecule has 0 aromatic heterocycles. The van der Waals surface area contributed by atoms with Gasteiger partial charge < -0.3 is 0 Å². The first-order valence-electron chi connectivity index (χ1n) is 5.90. The highest BCUT2D eigenvalue weighted by atomic mass is 14.0. The average molecular weight is 198 g/mol. The van der Waals surface area contributed by atoms with Crippen molar-refractivity contribution in [3.8, 4) is 0 Å². The Bertz CT molecular complexity index is 128. The second-order valence-corrected chi connectivity index (χ2v) is 5.51. The number of hydrogen-bond donors (Lipinski definition) is 0. The summed E-state index contributed by atoms with van der Waals surface area (Å²) in [6.07, 6.45) is 3.61. The normalized spacial score (nSPS) is 10.2. The molecule has 0 spiro atoms. The van der Waals surface area contributed by atoms with Gasteiger partial charge in [-0.05, 0) is 38.0 Å². The summed E-state index contributed by atoms with van der Waals surface area (Å²) in [4.78, 5) is 0. The number of allylic oxidation sites excluding steroid dienone is 2. The molecule has 0 rings (SSSR count). The zero-order chi connectivity index (χ0) is 11.7. The Morgan fingerprint density at radius 3 is 1.21 bits per heavy atom. The van der Waals surface area contributed by atoms with Gasteiger partial charge in [-0.15, -0.1) is 0 Å². The minimum Gasteiger partial charge on any atom is -0.0833 e. The van der Waals surface area contributed by atoms with Gasteiger partial charge >= 0.3 is 0 Å². The van der Waals surface area contributed by atoms with Crippen molar-refractivity contribution >= 4 is 0 Å². The van der Waals surface area contributed by atoms with Crippen LogP contribution in [0.15, 0.2) is 11.6 Å². The van der Waals surface area contributed by atoms with E-state index in [2.05, 4.69) is 61.5 Å². The van der Waals surface area contributed by atoms with Crippen LogP contribution in [0, 0.1) is 17.8 Å². The summed E-state index contributed by atoms with van der Waals surface area (Å²) in [5.41, 5.74) is 1.41. The van der Waals surface area contributed by atoms with E-state index in [1.807, 2.05) is 0 Å². The van der Waals surface area contributed by atoms with Crippen LogP contribution in [0.1, 0.15) is 61.8 Å². The molecule has 0 unspecified atom stereocenters. The topological polar surface area (TPSA) is 0 Å². The molecule has 0 saturated carbocycles. The van der Waals surface area contributed by atoms with Crippen LogP contribution in [0.3, 0.4) is 0 Å². The quantitative estimate of drug-likeness (QED) is 0.540. The van der Waals surface area contributed by atoms with Crippen molar-refractivity contribution < 1.29 is 0 Å². The van der Waals surface area contributed by atoms with E-state index >= 15 is 0 Å². The average Bonchev–Trinajstić information content (AvgIpc) is 1.79. The maximum atomic E-state index is 2.26. The van der Waals surface area contributed by atoms with Crippen molar-refractivity contribution in [1.29, 1.82) is 0 Å². The van der Waals surface area contributed by atoms with Crippen molar-refractivity contribution in [2.45, 2.75) is 61.8 Å². The summed E-state index contributed by atoms with van der Waals surface area (Å²) in [5.74, 6) is 2.46. The van der Waals surface area contributed by atoms with Gasteiger partial charge in [-0.1, -0.05) is 53.2 Å². The largest absolute Gasteiger partial charge is 0.0833 e. The lowest BCUT2D eigenvalue weighted by Gasteiger charge is -2.05. The van der Waals surface area contributed by atoms with Crippen molar-refractivity contribution in [2.24, 2.45) is 17.8 Å². The molecule has 0 atom stereocenters. The summed E-state index contributed by atoms with van der Waals surface area (Å²) in [6.45, 7) is 17.7. The minimum absolute atomic E-state index is 0.713. The third kappa shape index (κ3) is 22.6. The van der Waals surface area contributed by atoms with E-state index in [-0.39, 0.29) is 0 Å². The summed E-state index contributed by atoms with van der Waals surface area (Å²) in [5, 5.41) is 0. The van der Waals surface area contributed by atoms with Crippen LogP contribution >= 0.6 is 0 Å². The maximum Gasteiger partial charge on any atom is -0.0288 e. The first-order valence-corrected chi connectivity index (χ1v) is 5.90. The first kappa shape index (κ1) is 16.2. The standard InChI is InChI=1S/C7H16.C7H14/c2*1-6(2)5-7(3)4/h6-7H,5H2,1-4H3;5-6H,1-4H3. The fourth-order valence-corrected chi connectivity index (χ4v) is 1.61. The highest BCUT2D eigenvalue weighted by Crippen LogP contribution is 2.08. The van der Waals surface area contributed by atoms with Crippen LogP contribution < -0.4 is 0 Å². The number of hydrogen-bond acceptors (Lipinski definition) is 0. The van der Waals surface area contributed by atoms with Crippen molar-refractivity contribution in [3.05, 3.63) is 11.6 Å². The van der Waals surface area contributed by atoms with E-state index in [4.69, 9.17) is 0 Å². The molecule has 86 valence electrons. The van der Waals surface area contributed by atoms with Gasteiger partial charge in [-0.2, -0.15) is 0 Å². The molecule has 0 aliphatic rings. The van der Waals surface area contributed by atoms with E-state index in [9.17, 15) is 0 Å². The molecule has 0 aliphatic heterocycles. The van der Waals surface area contributed by atoms with Crippen molar-refractivity contribution in [1.82, 2.24) is 0 Å². The molecule has 0 aromatic carbocycles. The molecule has 0 fully saturated rings. The Hall–Kier alpha value is -0.260. The molecule has 0 aromatic rings. The van der Waals surface area contributed by atoms with Gasteiger partial charge in [0.25, 0.3) is 0 Å². The molecule has 0 saturated heterocycles. The third-order valence-electron chi connectivity index (χ3n) is 1.61. The fraction of sp³-hybridized carbons (Fsp3) is 0.857. The summed E-state index contributed by atoms with van der Waals surface area (Å²) < 4.78 is 0. The second-order valence-electron chi connectivity index (χ2n) is 5.51. The Labute approximate surface area is 91.8 Å². The molecule has 0 aliphatic carbocycles. The van der Waals surface area contributed by atoms with Crippen LogP contribution in [0.25, 0.3) is 0 Å². The first-order chi connectivity index (χ1) is 6.25. The monoisotopic (exact) mass is 198 g/mol. The van der Waals surface area contributed by atoms with Gasteiger partial charge in [0.05, 0.1) is 0 Å². The lowest BCUT2D eigenvalue weighted by atomic mass is 10.0. The molecule has 0 bridgehead atoms. The van der Waals surface area contributed by atoms with Gasteiger partial charge in [-0.25, -0.2) is 0 Å². The highest BCUT2D eigenvalue weighted by molar-refractivity contribution is 4.94. The smallest absolute Gasteiger partial charge is 0.0288 e. The molecule has 0 N–H and O–H groups in total. The van der Waals surface area contributed by atoms with Crippen LogP contribution in [0.2, 0.25) is 0 Å². The molecule has 0 nitrogen and oxygen atoms in total. The summed E-state index contributed by atoms with van der Waals surface area (Å²) in [6, 6.07) is 0. The summed E-state index contributed by atoms with van der Waals surface area (Å²) in [7, 11) is 0. The maximum absolute atomic E-state index is 2.26. The Morgan fingerprint density at radius 2 is 1.21 bits per heavy atom. The van der Waals surface area contributed by atoms with E-state index in [0.29, 0.717) is 5.92 Å². The van der Waals surface area contributed by atoms with E-state index in [1.54, 1.807) is 0 Å². The van der Waals surface area contributed by atoms with Crippen LogP contribution in [-0.2, 0) is 0 Å². The molecular weight excluding hydrogens is 168 g/mol. The SMILES string of the molecule is CC(C)=CC(C)C.CC(C)CC(C)C. The Balaban J connectivity index is 0. The van der Waals surface area contributed by atoms with Gasteiger partial charge in [0.15, 0.2) is 0 Å².